The van der Waals surface area contributed by atoms with E-state index >= 15 is 0 Å². The van der Waals surface area contributed by atoms with Crippen LogP contribution in [0, 0.1) is 37.9 Å². The molecule has 0 amide bonds. The maximum absolute atomic E-state index is 12.3. The Morgan fingerprint density at radius 3 is 0.727 bits per heavy atom. The van der Waals surface area contributed by atoms with Crippen molar-refractivity contribution < 1.29 is 82.8 Å². The van der Waals surface area contributed by atoms with Gasteiger partial charge in [0.05, 0.1) is 0 Å². The summed E-state index contributed by atoms with van der Waals surface area (Å²) in [5.74, 6) is 0. The van der Waals surface area contributed by atoms with Crippen LogP contribution in [0.4, 0.5) is 0 Å². The summed E-state index contributed by atoms with van der Waals surface area (Å²) >= 11 is -3.40. The second-order valence-electron chi connectivity index (χ2n) is 14.0. The standard InChI is InChI=1S/C48H36Cl3IO12S2/c53-49(54,55)62-52(41-29-21-37(22-30-41)39-25-33-47(34-26-39)65(63-50(56,57)58,43-13-5-1-6-14-43)44-15-7-2-8-16-44)42-31-23-38(24-32-42)40-27-35-48(36-28-40)66(64-51(59,60)61,45-17-9-3-10-18-45)46-19-11-4-12-20-46/h1-36H. The van der Waals surface area contributed by atoms with Crippen LogP contribution < -0.4 is 41.9 Å². The van der Waals surface area contributed by atoms with Gasteiger partial charge in [-0.05, 0) is 0 Å². The van der Waals surface area contributed by atoms with Crippen LogP contribution in [0.15, 0.2) is 248 Å². The van der Waals surface area contributed by atoms with Crippen molar-refractivity contribution in [3.05, 3.63) is 226 Å². The summed E-state index contributed by atoms with van der Waals surface area (Å²) in [6, 6.07) is 62.2. The molecule has 8 rings (SSSR count). The van der Waals surface area contributed by atoms with E-state index in [4.69, 9.17) is 10.1 Å². The van der Waals surface area contributed by atoms with E-state index in [-0.39, 0.29) is 0 Å². The van der Waals surface area contributed by atoms with E-state index < -0.39 is 71.6 Å². The molecular formula is C48H36Cl3IO12S2. The third-order valence-corrected chi connectivity index (χ3v) is 24.4. The molecule has 0 radical (unpaired) electrons. The first kappa shape index (κ1) is 48.1. The van der Waals surface area contributed by atoms with Gasteiger partial charge in [-0.3, -0.25) is 0 Å². The fourth-order valence-corrected chi connectivity index (χ4v) is 21.0. The number of benzene rings is 8. The maximum atomic E-state index is 12.3. The quantitative estimate of drug-likeness (QED) is 0.126. The van der Waals surface area contributed by atoms with Crippen LogP contribution >= 0.6 is 40.9 Å². The minimum atomic E-state index is -4.87. The number of rotatable bonds is 16. The van der Waals surface area contributed by atoms with E-state index in [1.165, 1.54) is 0 Å². The Labute approximate surface area is 397 Å². The molecule has 0 heterocycles. The Morgan fingerprint density at radius 2 is 0.500 bits per heavy atom. The monoisotopic (exact) mass is 1100 g/mol. The van der Waals surface area contributed by atoms with Gasteiger partial charge >= 0.3 is 376 Å². The van der Waals surface area contributed by atoms with Crippen molar-refractivity contribution >= 4 is 40.9 Å². The first-order chi connectivity index (χ1) is 31.5. The summed E-state index contributed by atoms with van der Waals surface area (Å²) < 4.78 is 127. The molecule has 8 aromatic carbocycles. The summed E-state index contributed by atoms with van der Waals surface area (Å²) in [5, 5.41) is 0. The van der Waals surface area contributed by atoms with Gasteiger partial charge in [0, 0.05) is 0 Å². The molecule has 66 heavy (non-hydrogen) atoms. The van der Waals surface area contributed by atoms with E-state index in [1.807, 2.05) is 0 Å². The van der Waals surface area contributed by atoms with Crippen molar-refractivity contribution in [1.82, 2.24) is 0 Å². The van der Waals surface area contributed by atoms with Crippen molar-refractivity contribution in [2.75, 3.05) is 0 Å². The molecule has 0 saturated carbocycles. The summed E-state index contributed by atoms with van der Waals surface area (Å²) in [5.41, 5.74) is 2.84. The van der Waals surface area contributed by atoms with Gasteiger partial charge in [0.15, 0.2) is 0 Å². The third-order valence-electron chi connectivity index (χ3n) is 9.90. The molecule has 0 saturated heterocycles. The predicted molar refractivity (Wildman–Crippen MR) is 229 cm³/mol. The van der Waals surface area contributed by atoms with Gasteiger partial charge in [0.25, 0.3) is 0 Å². The summed E-state index contributed by atoms with van der Waals surface area (Å²) in [7, 11) is -20.7. The van der Waals surface area contributed by atoms with Gasteiger partial charge < -0.3 is 0 Å². The summed E-state index contributed by atoms with van der Waals surface area (Å²) in [6.45, 7) is 0. The molecule has 340 valence electrons. The second kappa shape index (κ2) is 20.0. The van der Waals surface area contributed by atoms with Gasteiger partial charge in [-0.15, -0.1) is 0 Å². The first-order valence-corrected chi connectivity index (χ1v) is 29.2. The van der Waals surface area contributed by atoms with E-state index in [9.17, 15) is 41.9 Å². The molecule has 12 nitrogen and oxygen atoms in total. The number of hydrogen-bond acceptors (Lipinski definition) is 12. The Bertz CT molecular complexity index is 2550. The Morgan fingerprint density at radius 1 is 0.273 bits per heavy atom. The van der Waals surface area contributed by atoms with Crippen LogP contribution in [0.2, 0.25) is 0 Å². The molecule has 0 unspecified atom stereocenters. The molecule has 0 aromatic heterocycles. The molecular weight excluding hydrogens is 1070 g/mol. The normalized spacial score (nSPS) is 13.3. The van der Waals surface area contributed by atoms with Crippen molar-refractivity contribution in [2.24, 2.45) is 0 Å². The minimum absolute atomic E-state index is 0.449. The van der Waals surface area contributed by atoms with Gasteiger partial charge in [-0.25, -0.2) is 0 Å². The molecule has 0 aliphatic rings. The van der Waals surface area contributed by atoms with Crippen LogP contribution in [0.5, 0.6) is 0 Å². The molecule has 18 heteroatoms. The Kier molecular flexibility index (Phi) is 14.6. The van der Waals surface area contributed by atoms with Crippen LogP contribution in [-0.2, 0) is 10.1 Å². The third kappa shape index (κ3) is 11.0. The molecule has 0 aliphatic carbocycles. The topological polar surface area (TPSA) is 235 Å². The summed E-state index contributed by atoms with van der Waals surface area (Å²) in [6.07, 6.45) is 0. The molecule has 0 spiro atoms. The molecule has 8 aromatic rings. The molecule has 0 fully saturated rings. The first-order valence-electron chi connectivity index (χ1n) is 19.4. The SMILES string of the molecule is [O-][Cl+3]([O-])([O-])OI(c1ccc(-c2ccc(S(O[Cl+3]([O-])([O-])[O-])(c3ccccc3)c3ccccc3)cc2)cc1)c1ccc(-c2ccc(S(O[Cl+3]([O-])([O-])[O-])(c3ccccc3)c3ccccc3)cc2)cc1. The fourth-order valence-electron chi connectivity index (χ4n) is 7.17. The van der Waals surface area contributed by atoms with Crippen molar-refractivity contribution in [3.63, 3.8) is 0 Å². The van der Waals surface area contributed by atoms with Gasteiger partial charge in [-0.1, -0.05) is 24.3 Å². The zero-order valence-electron chi connectivity index (χ0n) is 34.0. The Hall–Kier alpha value is -4.42. The average Bonchev–Trinajstić information content (AvgIpc) is 3.32. The van der Waals surface area contributed by atoms with Crippen LogP contribution in [0.3, 0.4) is 0 Å². The van der Waals surface area contributed by atoms with Crippen LogP contribution in [0.1, 0.15) is 0 Å². The van der Waals surface area contributed by atoms with Crippen molar-refractivity contribution in [3.8, 4) is 22.3 Å². The number of hydrogen-bond donors (Lipinski definition) is 0. The second-order valence-corrected chi connectivity index (χ2v) is 27.3. The van der Waals surface area contributed by atoms with Crippen LogP contribution in [-0.4, -0.2) is 0 Å². The average molecular weight is 1100 g/mol. The van der Waals surface area contributed by atoms with Gasteiger partial charge in [-0.2, -0.15) is 0 Å². The molecule has 0 aliphatic heterocycles. The Balaban J connectivity index is 1.08. The fraction of sp³-hybridized carbons (Fsp3) is 0. The zero-order chi connectivity index (χ0) is 46.6. The van der Waals surface area contributed by atoms with E-state index in [2.05, 4.69) is 0 Å². The van der Waals surface area contributed by atoms with E-state index in [0.29, 0.717) is 58.8 Å². The van der Waals surface area contributed by atoms with E-state index in [0.717, 1.165) is 0 Å². The van der Waals surface area contributed by atoms with Crippen molar-refractivity contribution in [2.45, 2.75) is 29.4 Å². The molecule has 0 atom stereocenters. The molecule has 0 bridgehead atoms. The van der Waals surface area contributed by atoms with Crippen molar-refractivity contribution in [1.29, 1.82) is 0 Å². The van der Waals surface area contributed by atoms with Gasteiger partial charge in [0.2, 0.25) is 0 Å². The predicted octanol–water partition coefficient (Wildman–Crippen LogP) is 3.62. The van der Waals surface area contributed by atoms with Gasteiger partial charge in [0.1, 0.15) is 0 Å². The molecule has 0 N–H and O–H groups in total. The van der Waals surface area contributed by atoms with E-state index in [1.54, 1.807) is 218 Å². The number of halogens is 4. The van der Waals surface area contributed by atoms with Crippen LogP contribution in [0.25, 0.3) is 22.3 Å². The zero-order valence-corrected chi connectivity index (χ0v) is 40.1. The summed E-state index contributed by atoms with van der Waals surface area (Å²) in [4.78, 5) is 2.87.